The van der Waals surface area contributed by atoms with Gasteiger partial charge in [-0.2, -0.15) is 0 Å². The summed E-state index contributed by atoms with van der Waals surface area (Å²) in [6.45, 7) is 3.55. The molecule has 134 valence electrons. The number of hydrogen-bond donors (Lipinski definition) is 1. The third-order valence-corrected chi connectivity index (χ3v) is 5.79. The van der Waals surface area contributed by atoms with Crippen molar-refractivity contribution in [1.29, 1.82) is 0 Å². The van der Waals surface area contributed by atoms with Gasteiger partial charge in [-0.25, -0.2) is 4.98 Å². The van der Waals surface area contributed by atoms with Crippen LogP contribution in [0.3, 0.4) is 0 Å². The van der Waals surface area contributed by atoms with Gasteiger partial charge in [0.15, 0.2) is 5.13 Å². The number of aromatic nitrogens is 1. The zero-order valence-corrected chi connectivity index (χ0v) is 15.3. The van der Waals surface area contributed by atoms with Crippen LogP contribution in [0, 0.1) is 6.92 Å². The predicted molar refractivity (Wildman–Crippen MR) is 98.1 cm³/mol. The first kappa shape index (κ1) is 16.7. The second-order valence-corrected chi connectivity index (χ2v) is 7.55. The van der Waals surface area contributed by atoms with Crippen molar-refractivity contribution in [2.75, 3.05) is 16.8 Å². The van der Waals surface area contributed by atoms with Crippen LogP contribution in [0.15, 0.2) is 29.6 Å². The number of carbonyl (C=O) groups is 3. The molecule has 26 heavy (non-hydrogen) atoms. The van der Waals surface area contributed by atoms with E-state index in [4.69, 9.17) is 0 Å². The topological polar surface area (TPSA) is 82.6 Å². The molecule has 0 radical (unpaired) electrons. The van der Waals surface area contributed by atoms with Gasteiger partial charge in [0, 0.05) is 11.8 Å². The molecule has 1 saturated heterocycles. The number of para-hydroxylation sites is 1. The lowest BCUT2D eigenvalue weighted by molar-refractivity contribution is -0.120. The minimum Gasteiger partial charge on any atom is -0.306 e. The second-order valence-electron chi connectivity index (χ2n) is 6.70. The van der Waals surface area contributed by atoms with E-state index in [0.29, 0.717) is 29.2 Å². The molecule has 3 heterocycles. The Hall–Kier alpha value is -2.74. The summed E-state index contributed by atoms with van der Waals surface area (Å²) >= 11 is 1.34. The third kappa shape index (κ3) is 2.48. The maximum atomic E-state index is 13.1. The lowest BCUT2D eigenvalue weighted by Crippen LogP contribution is -2.63. The molecule has 0 aliphatic carbocycles. The van der Waals surface area contributed by atoms with Crippen LogP contribution >= 0.6 is 11.3 Å². The molecule has 2 aliphatic heterocycles. The Kier molecular flexibility index (Phi) is 3.80. The van der Waals surface area contributed by atoms with Crippen molar-refractivity contribution in [3.63, 3.8) is 0 Å². The number of benzene rings is 1. The highest BCUT2D eigenvalue weighted by Crippen LogP contribution is 2.43. The van der Waals surface area contributed by atoms with E-state index in [2.05, 4.69) is 10.3 Å². The summed E-state index contributed by atoms with van der Waals surface area (Å²) in [5.74, 6) is -0.597. The van der Waals surface area contributed by atoms with Gasteiger partial charge in [0.1, 0.15) is 12.2 Å². The number of thiazole rings is 1. The van der Waals surface area contributed by atoms with Gasteiger partial charge in [0.2, 0.25) is 11.8 Å². The van der Waals surface area contributed by atoms with Crippen molar-refractivity contribution in [3.05, 3.63) is 40.9 Å². The fourth-order valence-corrected chi connectivity index (χ4v) is 4.36. The molecule has 1 fully saturated rings. The Labute approximate surface area is 154 Å². The van der Waals surface area contributed by atoms with E-state index in [1.165, 1.54) is 16.2 Å². The van der Waals surface area contributed by atoms with Crippen molar-refractivity contribution in [3.8, 4) is 0 Å². The highest BCUT2D eigenvalue weighted by molar-refractivity contribution is 7.13. The molecule has 4 rings (SSSR count). The molecular formula is C18H18N4O3S. The van der Waals surface area contributed by atoms with E-state index in [1.807, 2.05) is 25.3 Å². The van der Waals surface area contributed by atoms with Crippen molar-refractivity contribution in [2.24, 2.45) is 0 Å². The summed E-state index contributed by atoms with van der Waals surface area (Å²) < 4.78 is 0. The largest absolute Gasteiger partial charge is 0.306 e. The highest BCUT2D eigenvalue weighted by atomic mass is 32.1. The van der Waals surface area contributed by atoms with Gasteiger partial charge in [-0.3, -0.25) is 19.3 Å². The van der Waals surface area contributed by atoms with Crippen LogP contribution in [0.4, 0.5) is 10.8 Å². The predicted octanol–water partition coefficient (Wildman–Crippen LogP) is 2.39. The Balaban J connectivity index is 1.66. The zero-order valence-electron chi connectivity index (χ0n) is 14.5. The molecule has 1 aromatic heterocycles. The van der Waals surface area contributed by atoms with Crippen molar-refractivity contribution >= 4 is 39.9 Å². The average molecular weight is 370 g/mol. The highest BCUT2D eigenvalue weighted by Gasteiger charge is 2.53. The fourth-order valence-electron chi connectivity index (χ4n) is 3.66. The molecule has 0 spiro atoms. The minimum atomic E-state index is -0.835. The van der Waals surface area contributed by atoms with Crippen LogP contribution in [-0.2, 0) is 9.59 Å². The number of anilines is 2. The Morgan fingerprint density at radius 2 is 2.12 bits per heavy atom. The second kappa shape index (κ2) is 5.91. The molecule has 1 aromatic carbocycles. The van der Waals surface area contributed by atoms with E-state index >= 15 is 0 Å². The van der Waals surface area contributed by atoms with E-state index < -0.39 is 5.66 Å². The molecule has 1 atom stereocenters. The first-order valence-electron chi connectivity index (χ1n) is 8.36. The number of carbonyl (C=O) groups excluding carboxylic acids is 3. The van der Waals surface area contributed by atoms with Crippen LogP contribution in [0.5, 0.6) is 0 Å². The molecule has 1 unspecified atom stereocenters. The van der Waals surface area contributed by atoms with E-state index in [0.717, 1.165) is 5.69 Å². The van der Waals surface area contributed by atoms with Gasteiger partial charge >= 0.3 is 0 Å². The van der Waals surface area contributed by atoms with Crippen LogP contribution in [0.1, 0.15) is 35.8 Å². The molecule has 7 nitrogen and oxygen atoms in total. The Morgan fingerprint density at radius 3 is 2.85 bits per heavy atom. The lowest BCUT2D eigenvalue weighted by atomic mass is 9.98. The van der Waals surface area contributed by atoms with Crippen molar-refractivity contribution < 1.29 is 14.4 Å². The van der Waals surface area contributed by atoms with Crippen LogP contribution in [0.25, 0.3) is 0 Å². The summed E-state index contributed by atoms with van der Waals surface area (Å²) in [4.78, 5) is 45.4. The van der Waals surface area contributed by atoms with Crippen molar-refractivity contribution in [2.45, 2.75) is 32.4 Å². The number of amides is 3. The summed E-state index contributed by atoms with van der Waals surface area (Å²) in [5, 5.41) is 5.08. The molecule has 0 bridgehead atoms. The molecule has 8 heteroatoms. The van der Waals surface area contributed by atoms with Gasteiger partial charge in [-0.15, -0.1) is 11.3 Å². The van der Waals surface area contributed by atoms with Crippen LogP contribution < -0.4 is 10.2 Å². The number of nitrogens with zero attached hydrogens (tertiary/aromatic N) is 3. The van der Waals surface area contributed by atoms with Gasteiger partial charge in [0.05, 0.1) is 16.9 Å². The van der Waals surface area contributed by atoms with E-state index in [9.17, 15) is 14.4 Å². The van der Waals surface area contributed by atoms with Gasteiger partial charge in [-0.05, 0) is 32.4 Å². The van der Waals surface area contributed by atoms with Gasteiger partial charge in [0.25, 0.3) is 5.91 Å². The number of aryl methyl sites for hydroxylation is 1. The fraction of sp³-hybridized carbons (Fsp3) is 0.333. The monoisotopic (exact) mass is 370 g/mol. The maximum Gasteiger partial charge on any atom is 0.258 e. The number of nitrogens with one attached hydrogen (secondary N) is 1. The SMILES string of the molecule is Cc1csc(NC(=O)CN2C(=O)c3ccccc3N3C(=O)CCC23C)n1. The van der Waals surface area contributed by atoms with E-state index in [1.54, 1.807) is 23.1 Å². The quantitative estimate of drug-likeness (QED) is 0.899. The Bertz CT molecular complexity index is 925. The summed E-state index contributed by atoms with van der Waals surface area (Å²) in [6, 6.07) is 7.05. The van der Waals surface area contributed by atoms with E-state index in [-0.39, 0.29) is 24.3 Å². The molecular weight excluding hydrogens is 352 g/mol. The summed E-state index contributed by atoms with van der Waals surface area (Å²) in [5.41, 5.74) is 1.05. The number of fused-ring (bicyclic) bond motifs is 3. The average Bonchev–Trinajstić information content (AvgIpc) is 3.15. The zero-order chi connectivity index (χ0) is 18.5. The summed E-state index contributed by atoms with van der Waals surface area (Å²) in [6.07, 6.45) is 0.845. The maximum absolute atomic E-state index is 13.1. The first-order valence-corrected chi connectivity index (χ1v) is 9.24. The normalized spacial score (nSPS) is 21.6. The van der Waals surface area contributed by atoms with Crippen LogP contribution in [0.2, 0.25) is 0 Å². The van der Waals surface area contributed by atoms with Crippen LogP contribution in [-0.4, -0.2) is 39.8 Å². The smallest absolute Gasteiger partial charge is 0.258 e. The lowest BCUT2D eigenvalue weighted by Gasteiger charge is -2.48. The third-order valence-electron chi connectivity index (χ3n) is 4.91. The molecule has 2 aliphatic rings. The van der Waals surface area contributed by atoms with Gasteiger partial charge in [-0.1, -0.05) is 12.1 Å². The molecule has 1 N–H and O–H groups in total. The molecule has 3 amide bonds. The number of hydrogen-bond acceptors (Lipinski definition) is 5. The molecule has 2 aromatic rings. The minimum absolute atomic E-state index is 0.0339. The first-order chi connectivity index (χ1) is 12.4. The van der Waals surface area contributed by atoms with Gasteiger partial charge < -0.3 is 10.2 Å². The standard InChI is InChI=1S/C18H18N4O3S/c1-11-10-26-17(19-11)20-14(23)9-21-16(25)12-5-3-4-6-13(12)22-15(24)7-8-18(21,22)2/h3-6,10H,7-9H2,1-2H3,(H,19,20,23). The van der Waals surface area contributed by atoms with Crippen molar-refractivity contribution in [1.82, 2.24) is 9.88 Å². The molecule has 0 saturated carbocycles. The number of rotatable bonds is 3. The summed E-state index contributed by atoms with van der Waals surface area (Å²) in [7, 11) is 0. The Morgan fingerprint density at radius 1 is 1.35 bits per heavy atom.